The molecule has 0 rings (SSSR count). The Labute approximate surface area is 331 Å². The number of aliphatic hydroxyl groups is 1. The van der Waals surface area contributed by atoms with Crippen LogP contribution >= 0.6 is 7.82 Å². The minimum Gasteiger partial charge on any atom is -0.756 e. The predicted octanol–water partition coefficient (Wildman–Crippen LogP) is 11.1. The van der Waals surface area contributed by atoms with E-state index in [1.807, 2.05) is 45.4 Å². The molecule has 0 spiro atoms. The molecule has 0 aliphatic rings. The molecule has 0 aromatic carbocycles. The first-order chi connectivity index (χ1) is 26.0. The lowest BCUT2D eigenvalue weighted by atomic mass is 10.0. The van der Waals surface area contributed by atoms with Gasteiger partial charge in [-0.15, -0.1) is 0 Å². The van der Waals surface area contributed by atoms with E-state index < -0.39 is 32.6 Å². The van der Waals surface area contributed by atoms with Crippen LogP contribution in [-0.4, -0.2) is 75.3 Å². The number of nitrogens with zero attached hydrogens (tertiary/aromatic N) is 1. The molecule has 0 amide bonds. The molecule has 0 radical (unpaired) electrons. The Hall–Kier alpha value is -1.74. The van der Waals surface area contributed by atoms with Crippen LogP contribution in [0.3, 0.4) is 0 Å². The van der Waals surface area contributed by atoms with Crippen LogP contribution in [0.2, 0.25) is 0 Å². The number of phosphoric acid groups is 1. The predicted molar refractivity (Wildman–Crippen MR) is 223 cm³/mol. The highest BCUT2D eigenvalue weighted by Crippen LogP contribution is 2.38. The SMILES string of the molecule is CCCCCCCC/C=C/C/C=C/C=C/C(O)CCCC(=O)O[C@H](CO/C=C/CCCCCCCCCCCCCC)COP(=O)([O-])OCC[N+](C)(C)C. The Morgan fingerprint density at radius 1 is 0.704 bits per heavy atom. The summed E-state index contributed by atoms with van der Waals surface area (Å²) in [5.74, 6) is -0.511. The third-order valence-corrected chi connectivity index (χ3v) is 10.0. The molecule has 2 unspecified atom stereocenters. The lowest BCUT2D eigenvalue weighted by Crippen LogP contribution is -2.37. The Balaban J connectivity index is 4.51. The van der Waals surface area contributed by atoms with E-state index in [-0.39, 0.29) is 19.6 Å². The third kappa shape index (κ3) is 39.9. The Morgan fingerprint density at radius 3 is 1.83 bits per heavy atom. The molecule has 0 fully saturated rings. The fourth-order valence-corrected chi connectivity index (χ4v) is 6.37. The molecule has 10 heteroatoms. The molecular weight excluding hydrogens is 701 g/mol. The number of quaternary nitrogens is 1. The monoisotopic (exact) mass is 784 g/mol. The maximum atomic E-state index is 12.7. The largest absolute Gasteiger partial charge is 0.756 e. The molecule has 0 aliphatic carbocycles. The Morgan fingerprint density at radius 2 is 1.26 bits per heavy atom. The van der Waals surface area contributed by atoms with Crippen molar-refractivity contribution in [3.8, 4) is 0 Å². The maximum Gasteiger partial charge on any atom is 0.306 e. The second-order valence-electron chi connectivity index (χ2n) is 15.6. The zero-order chi connectivity index (χ0) is 40.0. The van der Waals surface area contributed by atoms with E-state index in [4.69, 9.17) is 18.5 Å². The van der Waals surface area contributed by atoms with Crippen molar-refractivity contribution in [2.45, 2.75) is 180 Å². The highest BCUT2D eigenvalue weighted by Gasteiger charge is 2.20. The maximum absolute atomic E-state index is 12.7. The van der Waals surface area contributed by atoms with Gasteiger partial charge in [-0.1, -0.05) is 153 Å². The highest BCUT2D eigenvalue weighted by molar-refractivity contribution is 7.45. The average molecular weight is 784 g/mol. The van der Waals surface area contributed by atoms with Crippen molar-refractivity contribution < 1.29 is 42.4 Å². The molecule has 9 nitrogen and oxygen atoms in total. The van der Waals surface area contributed by atoms with Gasteiger partial charge >= 0.3 is 5.97 Å². The summed E-state index contributed by atoms with van der Waals surface area (Å²) in [5, 5.41) is 10.3. The standard InChI is InChI=1S/C44H82NO8P/c1-6-8-10-12-14-16-18-20-22-24-26-28-30-32-38-50-40-43(41-52-54(48,49)51-39-37-45(3,4)5)53-44(47)36-33-35-42(46)34-31-29-27-25-23-21-19-17-15-13-11-9-7-2/h21,23,27,29,31-32,34,38,42-43,46H,6-20,22,24-26,28,30,33,35-37,39-41H2,1-5H3/b23-21+,29-27+,34-31+,38-32+/t42?,43-/m1/s1. The minimum absolute atomic E-state index is 0.0178. The summed E-state index contributed by atoms with van der Waals surface area (Å²) < 4.78 is 34.1. The van der Waals surface area contributed by atoms with Gasteiger partial charge in [-0.25, -0.2) is 0 Å². The summed E-state index contributed by atoms with van der Waals surface area (Å²) >= 11 is 0. The first kappa shape index (κ1) is 52.3. The fourth-order valence-electron chi connectivity index (χ4n) is 5.64. The molecule has 54 heavy (non-hydrogen) atoms. The first-order valence-electron chi connectivity index (χ1n) is 21.5. The molecule has 316 valence electrons. The molecule has 0 aromatic heterocycles. The van der Waals surface area contributed by atoms with E-state index in [1.54, 1.807) is 12.3 Å². The van der Waals surface area contributed by atoms with Crippen molar-refractivity contribution in [2.24, 2.45) is 0 Å². The number of carbonyl (C=O) groups is 1. The minimum atomic E-state index is -4.59. The van der Waals surface area contributed by atoms with Crippen LogP contribution < -0.4 is 4.89 Å². The molecule has 0 bridgehead atoms. The van der Waals surface area contributed by atoms with Crippen molar-refractivity contribution in [3.05, 3.63) is 48.8 Å². The zero-order valence-corrected chi connectivity index (χ0v) is 36.2. The second kappa shape index (κ2) is 36.9. The van der Waals surface area contributed by atoms with Crippen LogP contribution in [0.5, 0.6) is 0 Å². The van der Waals surface area contributed by atoms with Gasteiger partial charge in [0.1, 0.15) is 19.8 Å². The van der Waals surface area contributed by atoms with Crippen molar-refractivity contribution >= 4 is 13.8 Å². The normalized spacial score (nSPS) is 14.8. The molecule has 0 saturated heterocycles. The smallest absolute Gasteiger partial charge is 0.306 e. The van der Waals surface area contributed by atoms with E-state index in [2.05, 4.69) is 26.0 Å². The number of aliphatic hydroxyl groups excluding tert-OH is 1. The molecule has 0 saturated carbocycles. The number of phosphoric ester groups is 1. The summed E-state index contributed by atoms with van der Waals surface area (Å²) in [6.07, 6.45) is 41.0. The van der Waals surface area contributed by atoms with Crippen molar-refractivity contribution in [2.75, 3.05) is 47.5 Å². The van der Waals surface area contributed by atoms with Gasteiger partial charge in [0.25, 0.3) is 7.82 Å². The van der Waals surface area contributed by atoms with Gasteiger partial charge < -0.3 is 33.0 Å². The number of allylic oxidation sites excluding steroid dienone is 6. The van der Waals surface area contributed by atoms with Crippen molar-refractivity contribution in [3.63, 3.8) is 0 Å². The van der Waals surface area contributed by atoms with Crippen LogP contribution in [0.4, 0.5) is 0 Å². The molecule has 0 aromatic rings. The van der Waals surface area contributed by atoms with Gasteiger partial charge in [-0.2, -0.15) is 0 Å². The summed E-state index contributed by atoms with van der Waals surface area (Å²) in [5.41, 5.74) is 0. The number of ether oxygens (including phenoxy) is 2. The number of carbonyl (C=O) groups excluding carboxylic acids is 1. The van der Waals surface area contributed by atoms with Gasteiger partial charge in [-0.3, -0.25) is 9.36 Å². The fraction of sp³-hybridized carbons (Fsp3) is 0.795. The summed E-state index contributed by atoms with van der Waals surface area (Å²) in [7, 11) is 1.21. The number of unbranched alkanes of at least 4 members (excludes halogenated alkanes) is 18. The van der Waals surface area contributed by atoms with Gasteiger partial charge in [0.15, 0.2) is 6.10 Å². The van der Waals surface area contributed by atoms with E-state index in [0.29, 0.717) is 23.9 Å². The number of likely N-dealkylation sites (N-methyl/N-ethyl adjacent to an activating group) is 1. The summed E-state index contributed by atoms with van der Waals surface area (Å²) in [4.78, 5) is 25.0. The molecule has 3 atom stereocenters. The van der Waals surface area contributed by atoms with Crippen LogP contribution in [0, 0.1) is 0 Å². The van der Waals surface area contributed by atoms with E-state index in [9.17, 15) is 19.4 Å². The number of hydrogen-bond donors (Lipinski definition) is 1. The quantitative estimate of drug-likeness (QED) is 0.0125. The third-order valence-electron chi connectivity index (χ3n) is 9.05. The van der Waals surface area contributed by atoms with Crippen molar-refractivity contribution in [1.82, 2.24) is 0 Å². The second-order valence-corrected chi connectivity index (χ2v) is 17.0. The molecular formula is C44H82NO8P. The topological polar surface area (TPSA) is 114 Å². The van der Waals surface area contributed by atoms with Crippen LogP contribution in [0.1, 0.15) is 168 Å². The summed E-state index contributed by atoms with van der Waals surface area (Å²) in [6, 6.07) is 0. The van der Waals surface area contributed by atoms with E-state index in [1.165, 1.54) is 109 Å². The lowest BCUT2D eigenvalue weighted by molar-refractivity contribution is -0.870. The molecule has 1 N–H and O–H groups in total. The average Bonchev–Trinajstić information content (AvgIpc) is 3.11. The van der Waals surface area contributed by atoms with Crippen LogP contribution in [-0.2, 0) is 27.9 Å². The Kier molecular flexibility index (Phi) is 35.7. The first-order valence-corrected chi connectivity index (χ1v) is 23.0. The van der Waals surface area contributed by atoms with Crippen molar-refractivity contribution in [1.29, 1.82) is 0 Å². The van der Waals surface area contributed by atoms with Gasteiger partial charge in [-0.05, 0) is 51.0 Å². The lowest BCUT2D eigenvalue weighted by Gasteiger charge is -2.28. The number of rotatable bonds is 39. The van der Waals surface area contributed by atoms with Gasteiger partial charge in [0.2, 0.25) is 0 Å². The summed E-state index contributed by atoms with van der Waals surface area (Å²) in [6.45, 7) is 4.50. The Bertz CT molecular complexity index is 1020. The number of hydrogen-bond acceptors (Lipinski definition) is 8. The van der Waals surface area contributed by atoms with Gasteiger partial charge in [0.05, 0.1) is 40.1 Å². The van der Waals surface area contributed by atoms with E-state index >= 15 is 0 Å². The highest BCUT2D eigenvalue weighted by atomic mass is 31.2. The van der Waals surface area contributed by atoms with E-state index in [0.717, 1.165) is 25.7 Å². The molecule has 0 aliphatic heterocycles. The zero-order valence-electron chi connectivity index (χ0n) is 35.3. The van der Waals surface area contributed by atoms with Crippen LogP contribution in [0.15, 0.2) is 48.8 Å². The van der Waals surface area contributed by atoms with Gasteiger partial charge in [0, 0.05) is 6.42 Å². The molecule has 0 heterocycles. The number of esters is 1. The van der Waals surface area contributed by atoms with Crippen LogP contribution in [0.25, 0.3) is 0 Å².